The monoisotopic (exact) mass is 251 g/mol. The molecular weight excluding hydrogens is 230 g/mol. The Bertz CT molecular complexity index is 391. The molecule has 0 aromatic heterocycles. The molecule has 1 aromatic carbocycles. The molecule has 100 valence electrons. The average molecular weight is 251 g/mol. The van der Waals surface area contributed by atoms with Gasteiger partial charge in [-0.25, -0.2) is 4.79 Å². The zero-order chi connectivity index (χ0) is 13.4. The Labute approximate surface area is 108 Å². The largest absolute Gasteiger partial charge is 0.482 e. The number of nitrogens with one attached hydrogen (secondary N) is 1. The number of aryl methyl sites for hydroxylation is 1. The summed E-state index contributed by atoms with van der Waals surface area (Å²) in [6.45, 7) is 5.81. The van der Waals surface area contributed by atoms with Crippen molar-refractivity contribution in [3.8, 4) is 5.75 Å². The fourth-order valence-electron chi connectivity index (χ4n) is 1.58. The third-order valence-corrected chi connectivity index (χ3v) is 2.53. The maximum absolute atomic E-state index is 11.1. The van der Waals surface area contributed by atoms with Crippen LogP contribution in [0.5, 0.6) is 5.75 Å². The van der Waals surface area contributed by atoms with Crippen LogP contribution in [0.4, 0.5) is 0 Å². The molecule has 1 N–H and O–H groups in total. The van der Waals surface area contributed by atoms with E-state index in [0.717, 1.165) is 30.8 Å². The number of hydrogen-bond acceptors (Lipinski definition) is 4. The van der Waals surface area contributed by atoms with E-state index in [1.165, 1.54) is 12.7 Å². The van der Waals surface area contributed by atoms with Crippen LogP contribution in [-0.2, 0) is 16.1 Å². The summed E-state index contributed by atoms with van der Waals surface area (Å²) < 4.78 is 10.0. The second-order valence-electron chi connectivity index (χ2n) is 4.15. The van der Waals surface area contributed by atoms with E-state index in [4.69, 9.17) is 4.74 Å². The lowest BCUT2D eigenvalue weighted by atomic mass is 10.1. The SMILES string of the molecule is CCCNCc1cc(C)ccc1OCC(=O)OC. The van der Waals surface area contributed by atoms with Crippen molar-refractivity contribution in [2.45, 2.75) is 26.8 Å². The van der Waals surface area contributed by atoms with Crippen molar-refractivity contribution in [3.63, 3.8) is 0 Å². The Hall–Kier alpha value is -1.55. The van der Waals surface area contributed by atoms with Gasteiger partial charge in [0.2, 0.25) is 0 Å². The van der Waals surface area contributed by atoms with Gasteiger partial charge in [0.05, 0.1) is 7.11 Å². The first kappa shape index (κ1) is 14.5. The van der Waals surface area contributed by atoms with Crippen LogP contribution in [0, 0.1) is 6.92 Å². The first-order valence-electron chi connectivity index (χ1n) is 6.17. The molecule has 0 saturated carbocycles. The minimum absolute atomic E-state index is 0.0552. The molecule has 0 heterocycles. The van der Waals surface area contributed by atoms with E-state index < -0.39 is 0 Å². The van der Waals surface area contributed by atoms with Crippen molar-refractivity contribution >= 4 is 5.97 Å². The number of esters is 1. The summed E-state index contributed by atoms with van der Waals surface area (Å²) in [5.41, 5.74) is 2.24. The Kier molecular flexibility index (Phi) is 6.22. The van der Waals surface area contributed by atoms with Gasteiger partial charge in [0.1, 0.15) is 5.75 Å². The second-order valence-corrected chi connectivity index (χ2v) is 4.15. The van der Waals surface area contributed by atoms with Gasteiger partial charge >= 0.3 is 5.97 Å². The van der Waals surface area contributed by atoms with Crippen LogP contribution in [0.25, 0.3) is 0 Å². The third kappa shape index (κ3) is 4.75. The highest BCUT2D eigenvalue weighted by molar-refractivity contribution is 5.70. The Morgan fingerprint density at radius 1 is 1.39 bits per heavy atom. The summed E-state index contributed by atoms with van der Waals surface area (Å²) in [5, 5.41) is 3.32. The topological polar surface area (TPSA) is 47.6 Å². The van der Waals surface area contributed by atoms with E-state index in [-0.39, 0.29) is 12.6 Å². The Morgan fingerprint density at radius 2 is 2.17 bits per heavy atom. The van der Waals surface area contributed by atoms with Gasteiger partial charge < -0.3 is 14.8 Å². The van der Waals surface area contributed by atoms with Crippen molar-refractivity contribution in [3.05, 3.63) is 29.3 Å². The van der Waals surface area contributed by atoms with Gasteiger partial charge in [-0.15, -0.1) is 0 Å². The van der Waals surface area contributed by atoms with Gasteiger partial charge in [0, 0.05) is 12.1 Å². The number of hydrogen-bond donors (Lipinski definition) is 1. The lowest BCUT2D eigenvalue weighted by Gasteiger charge is -2.12. The maximum Gasteiger partial charge on any atom is 0.343 e. The highest BCUT2D eigenvalue weighted by atomic mass is 16.6. The molecule has 0 bridgehead atoms. The van der Waals surface area contributed by atoms with E-state index in [9.17, 15) is 4.79 Å². The Balaban J connectivity index is 2.66. The molecular formula is C14H21NO3. The van der Waals surface area contributed by atoms with Gasteiger partial charge in [-0.1, -0.05) is 24.6 Å². The fourth-order valence-corrected chi connectivity index (χ4v) is 1.58. The van der Waals surface area contributed by atoms with Crippen LogP contribution in [0.1, 0.15) is 24.5 Å². The molecule has 0 saturated heterocycles. The molecule has 0 atom stereocenters. The molecule has 1 rings (SSSR count). The fraction of sp³-hybridized carbons (Fsp3) is 0.500. The number of carbonyl (C=O) groups is 1. The van der Waals surface area contributed by atoms with Crippen LogP contribution < -0.4 is 10.1 Å². The van der Waals surface area contributed by atoms with Crippen molar-refractivity contribution in [2.24, 2.45) is 0 Å². The normalized spacial score (nSPS) is 10.2. The van der Waals surface area contributed by atoms with Crippen LogP contribution >= 0.6 is 0 Å². The molecule has 0 unspecified atom stereocenters. The van der Waals surface area contributed by atoms with Crippen molar-refractivity contribution in [1.29, 1.82) is 0 Å². The third-order valence-electron chi connectivity index (χ3n) is 2.53. The lowest BCUT2D eigenvalue weighted by molar-refractivity contribution is -0.142. The molecule has 18 heavy (non-hydrogen) atoms. The molecule has 4 heteroatoms. The van der Waals surface area contributed by atoms with Crippen LogP contribution in [0.15, 0.2) is 18.2 Å². The molecule has 1 aromatic rings. The molecule has 0 aliphatic carbocycles. The van der Waals surface area contributed by atoms with Crippen molar-refractivity contribution < 1.29 is 14.3 Å². The summed E-state index contributed by atoms with van der Waals surface area (Å²) >= 11 is 0. The number of benzene rings is 1. The van der Waals surface area contributed by atoms with E-state index in [0.29, 0.717) is 0 Å². The number of carbonyl (C=O) groups excluding carboxylic acids is 1. The van der Waals surface area contributed by atoms with Gasteiger partial charge in [0.25, 0.3) is 0 Å². The first-order valence-corrected chi connectivity index (χ1v) is 6.17. The maximum atomic E-state index is 11.1. The number of rotatable bonds is 7. The van der Waals surface area contributed by atoms with E-state index in [1.54, 1.807) is 0 Å². The van der Waals surface area contributed by atoms with Gasteiger partial charge in [-0.05, 0) is 26.0 Å². The zero-order valence-corrected chi connectivity index (χ0v) is 11.3. The smallest absolute Gasteiger partial charge is 0.343 e. The standard InChI is InChI=1S/C14H21NO3/c1-4-7-15-9-12-8-11(2)5-6-13(12)18-10-14(16)17-3/h5-6,8,15H,4,7,9-10H2,1-3H3. The second kappa shape index (κ2) is 7.71. The number of ether oxygens (including phenoxy) is 2. The minimum Gasteiger partial charge on any atom is -0.482 e. The van der Waals surface area contributed by atoms with Crippen LogP contribution in [-0.4, -0.2) is 26.2 Å². The molecule has 0 spiro atoms. The van der Waals surface area contributed by atoms with Crippen molar-refractivity contribution in [1.82, 2.24) is 5.32 Å². The molecule has 0 aliphatic heterocycles. The predicted octanol–water partition coefficient (Wildman–Crippen LogP) is 2.05. The highest BCUT2D eigenvalue weighted by Gasteiger charge is 2.07. The quantitative estimate of drug-likeness (QED) is 0.595. The van der Waals surface area contributed by atoms with Crippen LogP contribution in [0.2, 0.25) is 0 Å². The van der Waals surface area contributed by atoms with Gasteiger partial charge in [-0.2, -0.15) is 0 Å². The van der Waals surface area contributed by atoms with E-state index in [1.807, 2.05) is 19.1 Å². The summed E-state index contributed by atoms with van der Waals surface area (Å²) in [6, 6.07) is 5.92. The van der Waals surface area contributed by atoms with E-state index >= 15 is 0 Å². The summed E-state index contributed by atoms with van der Waals surface area (Å²) in [4.78, 5) is 11.1. The molecule has 0 aliphatic rings. The van der Waals surface area contributed by atoms with E-state index in [2.05, 4.69) is 23.0 Å². The lowest BCUT2D eigenvalue weighted by Crippen LogP contribution is -2.17. The molecule has 0 amide bonds. The zero-order valence-electron chi connectivity index (χ0n) is 11.3. The summed E-state index contributed by atoms with van der Waals surface area (Å²) in [5.74, 6) is 0.359. The summed E-state index contributed by atoms with van der Waals surface area (Å²) in [6.07, 6.45) is 1.09. The molecule has 0 radical (unpaired) electrons. The first-order chi connectivity index (χ1) is 8.67. The molecule has 4 nitrogen and oxygen atoms in total. The van der Waals surface area contributed by atoms with Crippen LogP contribution in [0.3, 0.4) is 0 Å². The predicted molar refractivity (Wildman–Crippen MR) is 70.7 cm³/mol. The Morgan fingerprint density at radius 3 is 2.83 bits per heavy atom. The minimum atomic E-state index is -0.372. The average Bonchev–Trinajstić information content (AvgIpc) is 2.37. The van der Waals surface area contributed by atoms with Crippen molar-refractivity contribution in [2.75, 3.05) is 20.3 Å². The summed E-state index contributed by atoms with van der Waals surface area (Å²) in [7, 11) is 1.35. The number of methoxy groups -OCH3 is 1. The van der Waals surface area contributed by atoms with Gasteiger partial charge in [0.15, 0.2) is 6.61 Å². The highest BCUT2D eigenvalue weighted by Crippen LogP contribution is 2.20. The van der Waals surface area contributed by atoms with Gasteiger partial charge in [-0.3, -0.25) is 0 Å². The molecule has 0 fully saturated rings.